The van der Waals surface area contributed by atoms with Crippen molar-refractivity contribution < 1.29 is 27.8 Å². The van der Waals surface area contributed by atoms with Gasteiger partial charge in [0.1, 0.15) is 0 Å². The Kier molecular flexibility index (Phi) is 4.45. The molecule has 122 valence electrons. The molecule has 1 aliphatic heterocycles. The number of halogens is 4. The first kappa shape index (κ1) is 16.7. The SMILES string of the molecule is CCOC1C(O)N(c2cc(C(F)(F)F)c(Cl)nn2)C(=O)N1C. The third-order valence-corrected chi connectivity index (χ3v) is 3.31. The molecule has 1 aliphatic rings. The van der Waals surface area contributed by atoms with Gasteiger partial charge >= 0.3 is 12.2 Å². The summed E-state index contributed by atoms with van der Waals surface area (Å²) in [5.41, 5.74) is -1.25. The maximum Gasteiger partial charge on any atom is 0.419 e. The van der Waals surface area contributed by atoms with E-state index in [1.54, 1.807) is 6.92 Å². The highest BCUT2D eigenvalue weighted by Gasteiger charge is 2.46. The van der Waals surface area contributed by atoms with Crippen LogP contribution in [-0.4, -0.2) is 52.3 Å². The predicted molar refractivity (Wildman–Crippen MR) is 69.1 cm³/mol. The van der Waals surface area contributed by atoms with Crippen molar-refractivity contribution in [2.75, 3.05) is 18.6 Å². The summed E-state index contributed by atoms with van der Waals surface area (Å²) >= 11 is 5.37. The number of urea groups is 1. The third kappa shape index (κ3) is 2.81. The zero-order valence-corrected chi connectivity index (χ0v) is 12.3. The van der Waals surface area contributed by atoms with Crippen molar-refractivity contribution in [1.29, 1.82) is 0 Å². The number of alkyl halides is 3. The quantitative estimate of drug-likeness (QED) is 0.906. The molecule has 7 nitrogen and oxygen atoms in total. The fourth-order valence-electron chi connectivity index (χ4n) is 2.00. The first-order chi connectivity index (χ1) is 10.2. The van der Waals surface area contributed by atoms with Crippen LogP contribution in [0.15, 0.2) is 6.07 Å². The van der Waals surface area contributed by atoms with Crippen LogP contribution in [0.5, 0.6) is 0 Å². The number of ether oxygens (including phenoxy) is 1. The lowest BCUT2D eigenvalue weighted by Crippen LogP contribution is -2.39. The second kappa shape index (κ2) is 5.86. The van der Waals surface area contributed by atoms with Crippen molar-refractivity contribution in [1.82, 2.24) is 15.1 Å². The summed E-state index contributed by atoms with van der Waals surface area (Å²) in [4.78, 5) is 13.8. The summed E-state index contributed by atoms with van der Waals surface area (Å²) in [6.07, 6.45) is -7.31. The second-order valence-corrected chi connectivity index (χ2v) is 4.79. The summed E-state index contributed by atoms with van der Waals surface area (Å²) in [6.45, 7) is 1.85. The Morgan fingerprint density at radius 1 is 1.45 bits per heavy atom. The third-order valence-electron chi connectivity index (χ3n) is 3.03. The van der Waals surface area contributed by atoms with Crippen LogP contribution in [0.3, 0.4) is 0 Å². The average Bonchev–Trinajstić information content (AvgIpc) is 2.63. The molecule has 0 spiro atoms. The monoisotopic (exact) mass is 340 g/mol. The van der Waals surface area contributed by atoms with E-state index in [1.165, 1.54) is 7.05 Å². The van der Waals surface area contributed by atoms with Gasteiger partial charge in [0.25, 0.3) is 0 Å². The number of nitrogens with zero attached hydrogens (tertiary/aromatic N) is 4. The van der Waals surface area contributed by atoms with E-state index in [0.717, 1.165) is 4.90 Å². The highest BCUT2D eigenvalue weighted by atomic mass is 35.5. The van der Waals surface area contributed by atoms with Crippen molar-refractivity contribution >= 4 is 23.4 Å². The number of hydrogen-bond acceptors (Lipinski definition) is 5. The van der Waals surface area contributed by atoms with Crippen LogP contribution in [0, 0.1) is 0 Å². The molecular formula is C11H12ClF3N4O3. The lowest BCUT2D eigenvalue weighted by Gasteiger charge is -2.21. The smallest absolute Gasteiger partial charge is 0.369 e. The maximum absolute atomic E-state index is 12.8. The minimum Gasteiger partial charge on any atom is -0.369 e. The second-order valence-electron chi connectivity index (χ2n) is 4.43. The van der Waals surface area contributed by atoms with Crippen LogP contribution in [-0.2, 0) is 10.9 Å². The summed E-state index contributed by atoms with van der Waals surface area (Å²) in [6, 6.07) is -0.214. The molecule has 0 radical (unpaired) electrons. The van der Waals surface area contributed by atoms with Gasteiger partial charge in [0, 0.05) is 13.7 Å². The molecule has 1 fully saturated rings. The predicted octanol–water partition coefficient (Wildman–Crippen LogP) is 1.70. The van der Waals surface area contributed by atoms with Crippen LogP contribution in [0.2, 0.25) is 5.15 Å². The minimum atomic E-state index is -4.76. The molecule has 1 aromatic heterocycles. The molecule has 11 heteroatoms. The van der Waals surface area contributed by atoms with Gasteiger partial charge in [-0.2, -0.15) is 13.2 Å². The highest BCUT2D eigenvalue weighted by molar-refractivity contribution is 6.30. The van der Waals surface area contributed by atoms with Crippen molar-refractivity contribution in [3.63, 3.8) is 0 Å². The Morgan fingerprint density at radius 2 is 2.09 bits per heavy atom. The lowest BCUT2D eigenvalue weighted by atomic mass is 10.3. The molecular weight excluding hydrogens is 329 g/mol. The van der Waals surface area contributed by atoms with Crippen molar-refractivity contribution in [3.05, 3.63) is 16.8 Å². The Labute approximate surface area is 128 Å². The molecule has 0 aromatic carbocycles. The highest BCUT2D eigenvalue weighted by Crippen LogP contribution is 2.36. The fourth-order valence-corrected chi connectivity index (χ4v) is 2.20. The van der Waals surface area contributed by atoms with Crippen LogP contribution < -0.4 is 4.90 Å². The Hall–Kier alpha value is -1.65. The van der Waals surface area contributed by atoms with E-state index >= 15 is 0 Å². The molecule has 1 N–H and O–H groups in total. The lowest BCUT2D eigenvalue weighted by molar-refractivity contribution is -0.137. The number of aliphatic hydroxyl groups excluding tert-OH is 1. The number of likely N-dealkylation sites (N-methyl/N-ethyl adjacent to an activating group) is 1. The Morgan fingerprint density at radius 3 is 2.64 bits per heavy atom. The summed E-state index contributed by atoms with van der Waals surface area (Å²) < 4.78 is 43.7. The molecule has 22 heavy (non-hydrogen) atoms. The minimum absolute atomic E-state index is 0.202. The Balaban J connectivity index is 2.42. The van der Waals surface area contributed by atoms with E-state index in [9.17, 15) is 23.1 Å². The van der Waals surface area contributed by atoms with Gasteiger partial charge in [0.15, 0.2) is 23.4 Å². The van der Waals surface area contributed by atoms with Gasteiger partial charge in [-0.1, -0.05) is 11.6 Å². The van der Waals surface area contributed by atoms with E-state index in [0.29, 0.717) is 11.0 Å². The molecule has 0 bridgehead atoms. The number of carbonyl (C=O) groups is 1. The van der Waals surface area contributed by atoms with E-state index in [1.807, 2.05) is 0 Å². The first-order valence-electron chi connectivity index (χ1n) is 6.14. The number of rotatable bonds is 3. The fraction of sp³-hybridized carbons (Fsp3) is 0.545. The van der Waals surface area contributed by atoms with Gasteiger partial charge in [-0.05, 0) is 13.0 Å². The summed E-state index contributed by atoms with van der Waals surface area (Å²) in [5.74, 6) is -0.469. The van der Waals surface area contributed by atoms with Gasteiger partial charge in [-0.15, -0.1) is 10.2 Å². The maximum atomic E-state index is 12.8. The van der Waals surface area contributed by atoms with Crippen molar-refractivity contribution in [2.45, 2.75) is 25.6 Å². The van der Waals surface area contributed by atoms with Gasteiger partial charge in [-0.3, -0.25) is 4.90 Å². The van der Waals surface area contributed by atoms with Gasteiger partial charge in [-0.25, -0.2) is 9.69 Å². The van der Waals surface area contributed by atoms with E-state index in [4.69, 9.17) is 16.3 Å². The van der Waals surface area contributed by atoms with Crippen LogP contribution in [0.1, 0.15) is 12.5 Å². The number of amides is 2. The number of anilines is 1. The van der Waals surface area contributed by atoms with E-state index < -0.39 is 41.2 Å². The van der Waals surface area contributed by atoms with Crippen LogP contribution >= 0.6 is 11.6 Å². The standard InChI is InChI=1S/C11H12ClF3N4O3/c1-3-22-9-8(20)19(10(21)18(9)2)6-4-5(11(13,14)15)7(12)17-16-6/h4,8-9,20H,3H2,1-2H3. The molecule has 0 aliphatic carbocycles. The average molecular weight is 341 g/mol. The molecule has 1 saturated heterocycles. The molecule has 2 rings (SSSR count). The van der Waals surface area contributed by atoms with E-state index in [2.05, 4.69) is 10.2 Å². The number of aliphatic hydroxyl groups is 1. The zero-order valence-electron chi connectivity index (χ0n) is 11.5. The molecule has 2 atom stereocenters. The molecule has 0 saturated carbocycles. The molecule has 2 unspecified atom stereocenters. The van der Waals surface area contributed by atoms with Gasteiger partial charge < -0.3 is 9.84 Å². The first-order valence-corrected chi connectivity index (χ1v) is 6.52. The van der Waals surface area contributed by atoms with E-state index in [-0.39, 0.29) is 6.61 Å². The van der Waals surface area contributed by atoms with Crippen molar-refractivity contribution in [2.24, 2.45) is 0 Å². The zero-order chi connectivity index (χ0) is 16.7. The normalized spacial score (nSPS) is 22.6. The largest absolute Gasteiger partial charge is 0.419 e. The van der Waals surface area contributed by atoms with Crippen LogP contribution in [0.4, 0.5) is 23.8 Å². The summed E-state index contributed by atoms with van der Waals surface area (Å²) in [7, 11) is 1.35. The summed E-state index contributed by atoms with van der Waals surface area (Å²) in [5, 5.41) is 15.9. The molecule has 1 aromatic rings. The molecule has 2 amide bonds. The number of carbonyl (C=O) groups excluding carboxylic acids is 1. The topological polar surface area (TPSA) is 78.8 Å². The number of hydrogen-bond donors (Lipinski definition) is 1. The van der Waals surface area contributed by atoms with Gasteiger partial charge in [0.05, 0.1) is 5.56 Å². The molecule has 2 heterocycles. The Bertz CT molecular complexity index is 586. The van der Waals surface area contributed by atoms with Crippen molar-refractivity contribution in [3.8, 4) is 0 Å². The van der Waals surface area contributed by atoms with Gasteiger partial charge in [0.2, 0.25) is 0 Å². The number of aromatic nitrogens is 2. The van der Waals surface area contributed by atoms with Crippen LogP contribution in [0.25, 0.3) is 0 Å².